The normalized spacial score (nSPS) is 16.3. The second-order valence-corrected chi connectivity index (χ2v) is 5.55. The van der Waals surface area contributed by atoms with Crippen LogP contribution in [0.5, 0.6) is 0 Å². The Morgan fingerprint density at radius 3 is 2.52 bits per heavy atom. The van der Waals surface area contributed by atoms with E-state index in [0.717, 1.165) is 39.0 Å². The summed E-state index contributed by atoms with van der Waals surface area (Å²) in [6, 6.07) is 8.19. The summed E-state index contributed by atoms with van der Waals surface area (Å²) >= 11 is 0. The number of amides is 1. The van der Waals surface area contributed by atoms with Gasteiger partial charge in [0.25, 0.3) is 0 Å². The number of nitrogens with two attached hydrogens (primary N) is 1. The van der Waals surface area contributed by atoms with Crippen LogP contribution in [0, 0.1) is 6.92 Å². The van der Waals surface area contributed by atoms with Gasteiger partial charge >= 0.3 is 0 Å². The molecule has 1 atom stereocenters. The molecular weight excluding hydrogens is 286 g/mol. The molecule has 1 aliphatic rings. The molecule has 4 nitrogen and oxygen atoms in total. The number of rotatable bonds is 4. The number of benzene rings is 1. The van der Waals surface area contributed by atoms with E-state index in [4.69, 9.17) is 5.73 Å². The van der Waals surface area contributed by atoms with Crippen LogP contribution in [-0.2, 0) is 4.79 Å². The molecule has 1 fully saturated rings. The van der Waals surface area contributed by atoms with Gasteiger partial charge in [0.05, 0.1) is 6.04 Å². The van der Waals surface area contributed by atoms with Gasteiger partial charge in [-0.1, -0.05) is 25.5 Å². The van der Waals surface area contributed by atoms with E-state index in [9.17, 15) is 4.79 Å². The summed E-state index contributed by atoms with van der Waals surface area (Å²) in [4.78, 5) is 16.4. The van der Waals surface area contributed by atoms with E-state index in [1.54, 1.807) is 0 Å². The molecule has 21 heavy (non-hydrogen) atoms. The number of hydrogen-bond donors (Lipinski definition) is 1. The maximum atomic E-state index is 12.2. The van der Waals surface area contributed by atoms with E-state index < -0.39 is 0 Å². The first-order chi connectivity index (χ1) is 9.61. The van der Waals surface area contributed by atoms with Crippen LogP contribution in [0.2, 0.25) is 0 Å². The molecule has 1 aromatic carbocycles. The molecule has 0 radical (unpaired) electrons. The minimum atomic E-state index is -0.328. The van der Waals surface area contributed by atoms with E-state index in [1.165, 1.54) is 11.3 Å². The molecule has 2 N–H and O–H groups in total. The molecule has 0 bridgehead atoms. The van der Waals surface area contributed by atoms with E-state index in [2.05, 4.69) is 43.0 Å². The van der Waals surface area contributed by atoms with Crippen LogP contribution in [0.25, 0.3) is 0 Å². The molecule has 1 aromatic rings. The van der Waals surface area contributed by atoms with E-state index in [-0.39, 0.29) is 24.4 Å². The maximum absolute atomic E-state index is 12.2. The van der Waals surface area contributed by atoms with Crippen molar-refractivity contribution in [1.29, 1.82) is 0 Å². The minimum Gasteiger partial charge on any atom is -0.368 e. The highest BCUT2D eigenvalue weighted by molar-refractivity contribution is 5.85. The zero-order valence-corrected chi connectivity index (χ0v) is 13.7. The third kappa shape index (κ3) is 4.61. The molecule has 5 heteroatoms. The van der Waals surface area contributed by atoms with Crippen molar-refractivity contribution in [2.75, 3.05) is 31.1 Å². The van der Waals surface area contributed by atoms with Gasteiger partial charge in [-0.05, 0) is 31.0 Å². The molecular formula is C16H26ClN3O. The summed E-state index contributed by atoms with van der Waals surface area (Å²) in [6.45, 7) is 7.46. The van der Waals surface area contributed by atoms with Crippen LogP contribution < -0.4 is 10.6 Å². The maximum Gasteiger partial charge on any atom is 0.239 e. The van der Waals surface area contributed by atoms with Gasteiger partial charge in [-0.2, -0.15) is 0 Å². The van der Waals surface area contributed by atoms with E-state index in [1.807, 2.05) is 4.90 Å². The fourth-order valence-corrected chi connectivity index (χ4v) is 2.68. The minimum absolute atomic E-state index is 0. The second-order valence-electron chi connectivity index (χ2n) is 5.55. The average molecular weight is 312 g/mol. The number of anilines is 1. The van der Waals surface area contributed by atoms with Crippen molar-refractivity contribution < 1.29 is 4.79 Å². The Morgan fingerprint density at radius 2 is 1.95 bits per heavy atom. The van der Waals surface area contributed by atoms with Crippen LogP contribution in [0.15, 0.2) is 24.3 Å². The highest BCUT2D eigenvalue weighted by atomic mass is 35.5. The predicted molar refractivity (Wildman–Crippen MR) is 90.1 cm³/mol. The average Bonchev–Trinajstić information content (AvgIpc) is 2.47. The lowest BCUT2D eigenvalue weighted by Crippen LogP contribution is -2.53. The molecule has 0 saturated carbocycles. The summed E-state index contributed by atoms with van der Waals surface area (Å²) in [5, 5.41) is 0. The van der Waals surface area contributed by atoms with Gasteiger partial charge in [-0.15, -0.1) is 12.4 Å². The molecule has 1 aliphatic heterocycles. The number of hydrogen-bond acceptors (Lipinski definition) is 3. The van der Waals surface area contributed by atoms with Crippen molar-refractivity contribution in [2.24, 2.45) is 5.73 Å². The molecule has 1 unspecified atom stereocenters. The third-order valence-corrected chi connectivity index (χ3v) is 3.88. The van der Waals surface area contributed by atoms with Crippen molar-refractivity contribution >= 4 is 24.0 Å². The molecule has 2 rings (SSSR count). The lowest BCUT2D eigenvalue weighted by molar-refractivity contribution is -0.133. The Balaban J connectivity index is 0.00000220. The fourth-order valence-electron chi connectivity index (χ4n) is 2.68. The standard InChI is InChI=1S/C16H25N3O.ClH/c1-3-5-15(17)16(20)19-10-8-18(9-11-19)14-7-4-6-13(2)12-14;/h4,6-7,12,15H,3,5,8-11,17H2,1-2H3;1H. The summed E-state index contributed by atoms with van der Waals surface area (Å²) in [5.74, 6) is 0.107. The Labute approximate surface area is 133 Å². The fraction of sp³-hybridized carbons (Fsp3) is 0.562. The van der Waals surface area contributed by atoms with Gasteiger partial charge in [0, 0.05) is 31.9 Å². The van der Waals surface area contributed by atoms with Gasteiger partial charge in [-0.25, -0.2) is 0 Å². The van der Waals surface area contributed by atoms with E-state index >= 15 is 0 Å². The zero-order valence-electron chi connectivity index (χ0n) is 12.9. The molecule has 0 spiro atoms. The Kier molecular flexibility index (Phi) is 6.99. The highest BCUT2D eigenvalue weighted by Gasteiger charge is 2.24. The molecule has 118 valence electrons. The SMILES string of the molecule is CCCC(N)C(=O)N1CCN(c2cccc(C)c2)CC1.Cl. The zero-order chi connectivity index (χ0) is 14.5. The van der Waals surface area contributed by atoms with Gasteiger partial charge < -0.3 is 15.5 Å². The molecule has 1 heterocycles. The number of piperazine rings is 1. The summed E-state index contributed by atoms with van der Waals surface area (Å²) in [5.41, 5.74) is 8.43. The van der Waals surface area contributed by atoms with Crippen LogP contribution in [-0.4, -0.2) is 43.0 Å². The first-order valence-corrected chi connectivity index (χ1v) is 7.47. The Morgan fingerprint density at radius 1 is 1.29 bits per heavy atom. The number of aryl methyl sites for hydroxylation is 1. The van der Waals surface area contributed by atoms with E-state index in [0.29, 0.717) is 0 Å². The predicted octanol–water partition coefficient (Wildman–Crippen LogP) is 2.19. The number of halogens is 1. The molecule has 0 aromatic heterocycles. The highest BCUT2D eigenvalue weighted by Crippen LogP contribution is 2.18. The molecule has 0 aliphatic carbocycles. The van der Waals surface area contributed by atoms with Crippen LogP contribution in [0.1, 0.15) is 25.3 Å². The number of carbonyl (C=O) groups excluding carboxylic acids is 1. The summed E-state index contributed by atoms with van der Waals surface area (Å²) < 4.78 is 0. The van der Waals surface area contributed by atoms with Gasteiger partial charge in [-0.3, -0.25) is 4.79 Å². The summed E-state index contributed by atoms with van der Waals surface area (Å²) in [7, 11) is 0. The quantitative estimate of drug-likeness (QED) is 0.927. The Bertz CT molecular complexity index is 459. The topological polar surface area (TPSA) is 49.6 Å². The van der Waals surface area contributed by atoms with Gasteiger partial charge in [0.1, 0.15) is 0 Å². The van der Waals surface area contributed by atoms with Gasteiger partial charge in [0.15, 0.2) is 0 Å². The van der Waals surface area contributed by atoms with Crippen LogP contribution in [0.3, 0.4) is 0 Å². The van der Waals surface area contributed by atoms with Crippen molar-refractivity contribution in [3.63, 3.8) is 0 Å². The lowest BCUT2D eigenvalue weighted by Gasteiger charge is -2.37. The van der Waals surface area contributed by atoms with Gasteiger partial charge in [0.2, 0.25) is 5.91 Å². The number of carbonyl (C=O) groups is 1. The first kappa shape index (κ1) is 17.8. The van der Waals surface area contributed by atoms with Crippen molar-refractivity contribution in [3.8, 4) is 0 Å². The molecule has 1 saturated heterocycles. The number of nitrogens with zero attached hydrogens (tertiary/aromatic N) is 2. The first-order valence-electron chi connectivity index (χ1n) is 7.47. The summed E-state index contributed by atoms with van der Waals surface area (Å²) in [6.07, 6.45) is 1.73. The van der Waals surface area contributed by atoms with Crippen molar-refractivity contribution in [1.82, 2.24) is 4.90 Å². The smallest absolute Gasteiger partial charge is 0.239 e. The third-order valence-electron chi connectivity index (χ3n) is 3.88. The van der Waals surface area contributed by atoms with Crippen molar-refractivity contribution in [3.05, 3.63) is 29.8 Å². The second kappa shape index (κ2) is 8.25. The lowest BCUT2D eigenvalue weighted by atomic mass is 10.1. The largest absolute Gasteiger partial charge is 0.368 e. The van der Waals surface area contributed by atoms with Crippen LogP contribution in [0.4, 0.5) is 5.69 Å². The monoisotopic (exact) mass is 311 g/mol. The Hall–Kier alpha value is -1.26. The molecule has 1 amide bonds. The van der Waals surface area contributed by atoms with Crippen molar-refractivity contribution in [2.45, 2.75) is 32.7 Å². The van der Waals surface area contributed by atoms with Crippen LogP contribution >= 0.6 is 12.4 Å².